The average molecular weight is 285 g/mol. The number of rotatable bonds is 4. The van der Waals surface area contributed by atoms with Crippen LogP contribution in [-0.2, 0) is 17.4 Å². The molecule has 0 bridgehead atoms. The molecule has 1 aromatic heterocycles. The second-order valence-electron chi connectivity index (χ2n) is 4.74. The average Bonchev–Trinajstić information content (AvgIpc) is 2.75. The molecule has 6 heteroatoms. The van der Waals surface area contributed by atoms with Gasteiger partial charge in [0.25, 0.3) is 0 Å². The molecule has 0 aliphatic carbocycles. The summed E-state index contributed by atoms with van der Waals surface area (Å²) in [5.74, 6) is -1.44. The van der Waals surface area contributed by atoms with Crippen molar-refractivity contribution in [3.05, 3.63) is 35.5 Å². The molecule has 0 aliphatic heterocycles. The van der Waals surface area contributed by atoms with Gasteiger partial charge in [0.1, 0.15) is 0 Å². The number of halogens is 3. The molecular weight excluding hydrogens is 271 g/mol. The largest absolute Gasteiger partial charge is 0.481 e. The summed E-state index contributed by atoms with van der Waals surface area (Å²) in [6.07, 6.45) is -3.63. The van der Waals surface area contributed by atoms with Crippen LogP contribution in [-0.4, -0.2) is 16.1 Å². The minimum atomic E-state index is -4.38. The van der Waals surface area contributed by atoms with E-state index >= 15 is 0 Å². The summed E-state index contributed by atoms with van der Waals surface area (Å²) in [5.41, 5.74) is 0.502. The van der Waals surface area contributed by atoms with E-state index in [0.29, 0.717) is 23.0 Å². The Labute approximate surface area is 113 Å². The summed E-state index contributed by atoms with van der Waals surface area (Å²) in [7, 11) is 0. The first-order chi connectivity index (χ1) is 9.31. The van der Waals surface area contributed by atoms with Crippen molar-refractivity contribution < 1.29 is 23.1 Å². The van der Waals surface area contributed by atoms with Crippen molar-refractivity contribution in [1.82, 2.24) is 4.98 Å². The SMILES string of the molecule is CCC(Cc1cc2cc(C(F)(F)F)ccc2[nH]1)C(=O)O. The predicted octanol–water partition coefficient (Wildman–Crippen LogP) is 3.84. The minimum Gasteiger partial charge on any atom is -0.481 e. The highest BCUT2D eigenvalue weighted by Crippen LogP contribution is 2.31. The van der Waals surface area contributed by atoms with E-state index in [4.69, 9.17) is 5.11 Å². The normalized spacial score (nSPS) is 13.6. The van der Waals surface area contributed by atoms with Gasteiger partial charge in [0.05, 0.1) is 11.5 Å². The number of carboxylic acids is 1. The molecular formula is C14H14F3NO2. The van der Waals surface area contributed by atoms with Crippen LogP contribution >= 0.6 is 0 Å². The lowest BCUT2D eigenvalue weighted by Crippen LogP contribution is -2.15. The Hall–Kier alpha value is -1.98. The number of H-pyrrole nitrogens is 1. The molecule has 3 nitrogen and oxygen atoms in total. The summed E-state index contributed by atoms with van der Waals surface area (Å²) in [6.45, 7) is 1.77. The van der Waals surface area contributed by atoms with Gasteiger partial charge in [0.15, 0.2) is 0 Å². The van der Waals surface area contributed by atoms with Gasteiger partial charge < -0.3 is 10.1 Å². The van der Waals surface area contributed by atoms with Crippen molar-refractivity contribution in [2.75, 3.05) is 0 Å². The first kappa shape index (κ1) is 14.4. The predicted molar refractivity (Wildman–Crippen MR) is 68.4 cm³/mol. The van der Waals surface area contributed by atoms with Crippen LogP contribution in [0.25, 0.3) is 10.9 Å². The third-order valence-electron chi connectivity index (χ3n) is 3.31. The third kappa shape index (κ3) is 2.95. The smallest absolute Gasteiger partial charge is 0.416 e. The molecule has 108 valence electrons. The maximum absolute atomic E-state index is 12.6. The Morgan fingerprint density at radius 1 is 1.35 bits per heavy atom. The van der Waals surface area contributed by atoms with Crippen molar-refractivity contribution >= 4 is 16.9 Å². The molecule has 2 aromatic rings. The highest BCUT2D eigenvalue weighted by atomic mass is 19.4. The number of fused-ring (bicyclic) bond motifs is 1. The van der Waals surface area contributed by atoms with Crippen LogP contribution in [0.1, 0.15) is 24.6 Å². The van der Waals surface area contributed by atoms with Gasteiger partial charge in [-0.15, -0.1) is 0 Å². The molecule has 0 amide bonds. The number of aliphatic carboxylic acids is 1. The molecule has 1 heterocycles. The Bertz CT molecular complexity index is 631. The zero-order chi connectivity index (χ0) is 14.9. The number of hydrogen-bond acceptors (Lipinski definition) is 1. The highest BCUT2D eigenvalue weighted by molar-refractivity contribution is 5.81. The van der Waals surface area contributed by atoms with Gasteiger partial charge in [-0.3, -0.25) is 4.79 Å². The van der Waals surface area contributed by atoms with Gasteiger partial charge in [-0.1, -0.05) is 6.92 Å². The van der Waals surface area contributed by atoms with Gasteiger partial charge in [0, 0.05) is 23.0 Å². The van der Waals surface area contributed by atoms with Crippen molar-refractivity contribution in [3.63, 3.8) is 0 Å². The minimum absolute atomic E-state index is 0.280. The topological polar surface area (TPSA) is 53.1 Å². The van der Waals surface area contributed by atoms with Crippen molar-refractivity contribution in [1.29, 1.82) is 0 Å². The maximum Gasteiger partial charge on any atom is 0.416 e. The van der Waals surface area contributed by atoms with Gasteiger partial charge in [-0.25, -0.2) is 0 Å². The highest BCUT2D eigenvalue weighted by Gasteiger charge is 2.30. The Kier molecular flexibility index (Phi) is 3.74. The molecule has 0 saturated heterocycles. The van der Waals surface area contributed by atoms with Crippen LogP contribution < -0.4 is 0 Å². The monoisotopic (exact) mass is 285 g/mol. The lowest BCUT2D eigenvalue weighted by Gasteiger charge is -2.07. The van der Waals surface area contributed by atoms with Crippen LogP contribution in [0.3, 0.4) is 0 Å². The van der Waals surface area contributed by atoms with E-state index < -0.39 is 23.6 Å². The first-order valence-corrected chi connectivity index (χ1v) is 6.23. The van der Waals surface area contributed by atoms with Gasteiger partial charge in [-0.2, -0.15) is 13.2 Å². The van der Waals surface area contributed by atoms with Crippen molar-refractivity contribution in [2.24, 2.45) is 5.92 Å². The Morgan fingerprint density at radius 2 is 2.05 bits per heavy atom. The summed E-state index contributed by atoms with van der Waals surface area (Å²) < 4.78 is 37.8. The Balaban J connectivity index is 2.32. The standard InChI is InChI=1S/C14H14F3NO2/c1-2-8(13(19)20)6-11-7-9-5-10(14(15,16)17)3-4-12(9)18-11/h3-5,7-8,18H,2,6H2,1H3,(H,19,20). The molecule has 0 radical (unpaired) electrons. The molecule has 0 fully saturated rings. The quantitative estimate of drug-likeness (QED) is 0.896. The molecule has 2 N–H and O–H groups in total. The lowest BCUT2D eigenvalue weighted by atomic mass is 10.0. The lowest BCUT2D eigenvalue weighted by molar-refractivity contribution is -0.142. The van der Waals surface area contributed by atoms with Crippen molar-refractivity contribution in [3.8, 4) is 0 Å². The van der Waals surface area contributed by atoms with E-state index in [2.05, 4.69) is 4.98 Å². The maximum atomic E-state index is 12.6. The zero-order valence-electron chi connectivity index (χ0n) is 10.8. The van der Waals surface area contributed by atoms with E-state index in [1.165, 1.54) is 6.07 Å². The van der Waals surface area contributed by atoms with Crippen LogP contribution in [0.15, 0.2) is 24.3 Å². The fraction of sp³-hybridized carbons (Fsp3) is 0.357. The summed E-state index contributed by atoms with van der Waals surface area (Å²) in [5, 5.41) is 9.44. The number of carboxylic acid groups (broad SMARTS) is 1. The van der Waals surface area contributed by atoms with Crippen molar-refractivity contribution in [2.45, 2.75) is 25.9 Å². The second-order valence-corrected chi connectivity index (χ2v) is 4.74. The molecule has 0 aliphatic rings. The zero-order valence-corrected chi connectivity index (χ0v) is 10.8. The van der Waals surface area contributed by atoms with Crippen LogP contribution in [0.4, 0.5) is 13.2 Å². The van der Waals surface area contributed by atoms with E-state index in [0.717, 1.165) is 12.1 Å². The van der Waals surface area contributed by atoms with Gasteiger partial charge in [0.2, 0.25) is 0 Å². The molecule has 2 rings (SSSR count). The second kappa shape index (κ2) is 5.19. The molecule has 0 spiro atoms. The summed E-state index contributed by atoms with van der Waals surface area (Å²) in [6, 6.07) is 5.02. The number of benzene rings is 1. The van der Waals surface area contributed by atoms with Crippen LogP contribution in [0, 0.1) is 5.92 Å². The molecule has 20 heavy (non-hydrogen) atoms. The fourth-order valence-corrected chi connectivity index (χ4v) is 2.15. The summed E-state index contributed by atoms with van der Waals surface area (Å²) >= 11 is 0. The number of alkyl halides is 3. The molecule has 1 atom stereocenters. The first-order valence-electron chi connectivity index (χ1n) is 6.23. The molecule has 0 saturated carbocycles. The van der Waals surface area contributed by atoms with E-state index in [1.807, 2.05) is 0 Å². The van der Waals surface area contributed by atoms with Gasteiger partial charge >= 0.3 is 12.1 Å². The number of nitrogens with one attached hydrogen (secondary N) is 1. The summed E-state index contributed by atoms with van der Waals surface area (Å²) in [4.78, 5) is 13.9. The van der Waals surface area contributed by atoms with Crippen LogP contribution in [0.5, 0.6) is 0 Å². The van der Waals surface area contributed by atoms with Gasteiger partial charge in [-0.05, 0) is 30.7 Å². The molecule has 1 aromatic carbocycles. The van der Waals surface area contributed by atoms with E-state index in [-0.39, 0.29) is 6.42 Å². The fourth-order valence-electron chi connectivity index (χ4n) is 2.15. The van der Waals surface area contributed by atoms with E-state index in [9.17, 15) is 18.0 Å². The molecule has 1 unspecified atom stereocenters. The van der Waals surface area contributed by atoms with Crippen LogP contribution in [0.2, 0.25) is 0 Å². The number of carbonyl (C=O) groups is 1. The van der Waals surface area contributed by atoms with E-state index in [1.54, 1.807) is 13.0 Å². The Morgan fingerprint density at radius 3 is 2.60 bits per heavy atom. The number of aromatic amines is 1. The number of aromatic nitrogens is 1. The third-order valence-corrected chi connectivity index (χ3v) is 3.31. The number of hydrogen-bond donors (Lipinski definition) is 2.